The van der Waals surface area contributed by atoms with Crippen LogP contribution in [-0.4, -0.2) is 20.4 Å². The first-order valence-corrected chi connectivity index (χ1v) is 10.6. The molecule has 0 spiro atoms. The lowest BCUT2D eigenvalue weighted by molar-refractivity contribution is 0.102. The minimum Gasteiger partial charge on any atom is -0.491 e. The van der Waals surface area contributed by atoms with Gasteiger partial charge in [-0.1, -0.05) is 30.3 Å². The van der Waals surface area contributed by atoms with Crippen molar-refractivity contribution in [2.24, 2.45) is 0 Å². The number of carbonyl (C=O) groups excluding carboxylic acids is 1. The van der Waals surface area contributed by atoms with E-state index in [1.54, 1.807) is 66.7 Å². The first kappa shape index (κ1) is 20.4. The van der Waals surface area contributed by atoms with Gasteiger partial charge in [-0.05, 0) is 62.4 Å². The van der Waals surface area contributed by atoms with E-state index in [1.807, 2.05) is 13.8 Å². The molecule has 0 aliphatic heterocycles. The van der Waals surface area contributed by atoms with Crippen molar-refractivity contribution in [1.29, 1.82) is 0 Å². The van der Waals surface area contributed by atoms with Crippen LogP contribution in [0.3, 0.4) is 0 Å². The molecule has 0 bridgehead atoms. The lowest BCUT2D eigenvalue weighted by atomic mass is 10.1. The Labute approximate surface area is 170 Å². The van der Waals surface area contributed by atoms with Gasteiger partial charge in [-0.15, -0.1) is 0 Å². The average molecular weight is 410 g/mol. The molecule has 29 heavy (non-hydrogen) atoms. The summed E-state index contributed by atoms with van der Waals surface area (Å²) in [6.07, 6.45) is 0.0555. The molecule has 0 fully saturated rings. The lowest BCUT2D eigenvalue weighted by Gasteiger charge is -2.13. The Bertz CT molecular complexity index is 1080. The monoisotopic (exact) mass is 410 g/mol. The highest BCUT2D eigenvalue weighted by molar-refractivity contribution is 7.92. The number of para-hydroxylation sites is 1. The van der Waals surface area contributed by atoms with Gasteiger partial charge in [-0.2, -0.15) is 0 Å². The summed E-state index contributed by atoms with van der Waals surface area (Å²) >= 11 is 0. The smallest absolute Gasteiger partial charge is 0.261 e. The number of hydrogen-bond donors (Lipinski definition) is 2. The molecule has 7 heteroatoms. The zero-order valence-corrected chi connectivity index (χ0v) is 16.9. The number of anilines is 2. The zero-order chi connectivity index (χ0) is 20.9. The summed E-state index contributed by atoms with van der Waals surface area (Å²) in [5.41, 5.74) is 0.995. The standard InChI is InChI=1S/C22H22N2O4S/c1-16(2)28-18-14-12-17(13-15-18)23-22(25)20-10-6-7-11-21(20)24-29(26,27)19-8-4-3-5-9-19/h3-16,24H,1-2H3,(H,23,25). The van der Waals surface area contributed by atoms with Crippen LogP contribution in [0.5, 0.6) is 5.75 Å². The summed E-state index contributed by atoms with van der Waals surface area (Å²) in [4.78, 5) is 12.9. The fourth-order valence-corrected chi connectivity index (χ4v) is 3.76. The van der Waals surface area contributed by atoms with Gasteiger partial charge in [0.25, 0.3) is 15.9 Å². The fourth-order valence-electron chi connectivity index (χ4n) is 2.66. The van der Waals surface area contributed by atoms with E-state index >= 15 is 0 Å². The molecule has 3 rings (SSSR count). The molecule has 0 heterocycles. The summed E-state index contributed by atoms with van der Waals surface area (Å²) in [6.45, 7) is 3.87. The topological polar surface area (TPSA) is 84.5 Å². The third-order valence-corrected chi connectivity index (χ3v) is 5.33. The molecule has 0 saturated heterocycles. The van der Waals surface area contributed by atoms with E-state index in [1.165, 1.54) is 12.1 Å². The van der Waals surface area contributed by atoms with E-state index in [4.69, 9.17) is 4.74 Å². The lowest BCUT2D eigenvalue weighted by Crippen LogP contribution is -2.18. The molecule has 0 aromatic heterocycles. The molecule has 0 atom stereocenters. The maximum atomic E-state index is 12.7. The maximum Gasteiger partial charge on any atom is 0.261 e. The quantitative estimate of drug-likeness (QED) is 0.599. The van der Waals surface area contributed by atoms with Crippen LogP contribution in [0.15, 0.2) is 83.8 Å². The SMILES string of the molecule is CC(C)Oc1ccc(NC(=O)c2ccccc2NS(=O)(=O)c2ccccc2)cc1. The van der Waals surface area contributed by atoms with Gasteiger partial charge in [0.15, 0.2) is 0 Å². The molecule has 1 amide bonds. The molecule has 0 radical (unpaired) electrons. The van der Waals surface area contributed by atoms with Crippen molar-refractivity contribution in [3.8, 4) is 5.75 Å². The van der Waals surface area contributed by atoms with Gasteiger partial charge >= 0.3 is 0 Å². The average Bonchev–Trinajstić information content (AvgIpc) is 2.70. The van der Waals surface area contributed by atoms with Gasteiger partial charge in [-0.25, -0.2) is 8.42 Å². The second kappa shape index (κ2) is 8.79. The third kappa shape index (κ3) is 5.36. The number of rotatable bonds is 7. The van der Waals surface area contributed by atoms with Crippen LogP contribution in [0.25, 0.3) is 0 Å². The van der Waals surface area contributed by atoms with Crippen molar-refractivity contribution in [3.05, 3.63) is 84.4 Å². The number of ether oxygens (including phenoxy) is 1. The highest BCUT2D eigenvalue weighted by atomic mass is 32.2. The van der Waals surface area contributed by atoms with Crippen LogP contribution in [0.1, 0.15) is 24.2 Å². The molecule has 2 N–H and O–H groups in total. The first-order valence-electron chi connectivity index (χ1n) is 9.10. The molecule has 0 aliphatic carbocycles. The Balaban J connectivity index is 1.79. The number of sulfonamides is 1. The van der Waals surface area contributed by atoms with Crippen molar-refractivity contribution < 1.29 is 17.9 Å². The predicted molar refractivity (Wildman–Crippen MR) is 114 cm³/mol. The highest BCUT2D eigenvalue weighted by Crippen LogP contribution is 2.22. The second-order valence-electron chi connectivity index (χ2n) is 6.61. The minimum atomic E-state index is -3.81. The number of carbonyl (C=O) groups is 1. The molecule has 150 valence electrons. The molecule has 0 unspecified atom stereocenters. The van der Waals surface area contributed by atoms with Crippen LogP contribution in [0, 0.1) is 0 Å². The molecule has 0 aliphatic rings. The predicted octanol–water partition coefficient (Wildman–Crippen LogP) is 4.53. The second-order valence-corrected chi connectivity index (χ2v) is 8.29. The van der Waals surface area contributed by atoms with Gasteiger partial charge in [0.1, 0.15) is 5.75 Å². The minimum absolute atomic E-state index is 0.0555. The molecule has 0 saturated carbocycles. The largest absolute Gasteiger partial charge is 0.491 e. The van der Waals surface area contributed by atoms with E-state index < -0.39 is 15.9 Å². The maximum absolute atomic E-state index is 12.7. The van der Waals surface area contributed by atoms with Crippen molar-refractivity contribution in [2.45, 2.75) is 24.8 Å². The van der Waals surface area contributed by atoms with Gasteiger partial charge in [0.2, 0.25) is 0 Å². The summed E-state index contributed by atoms with van der Waals surface area (Å²) < 4.78 is 33.3. The van der Waals surface area contributed by atoms with Gasteiger partial charge in [-0.3, -0.25) is 9.52 Å². The Morgan fingerprint density at radius 2 is 1.48 bits per heavy atom. The summed E-state index contributed by atoms with van der Waals surface area (Å²) in [5, 5.41) is 2.78. The number of nitrogens with one attached hydrogen (secondary N) is 2. The summed E-state index contributed by atoms with van der Waals surface area (Å²) in [7, 11) is -3.81. The van der Waals surface area contributed by atoms with Crippen molar-refractivity contribution >= 4 is 27.3 Å². The van der Waals surface area contributed by atoms with Crippen LogP contribution in [0.4, 0.5) is 11.4 Å². The van der Waals surface area contributed by atoms with Crippen LogP contribution < -0.4 is 14.8 Å². The summed E-state index contributed by atoms with van der Waals surface area (Å²) in [6, 6.07) is 21.4. The van der Waals surface area contributed by atoms with E-state index in [0.29, 0.717) is 11.4 Å². The Kier molecular flexibility index (Phi) is 6.19. The van der Waals surface area contributed by atoms with Crippen LogP contribution in [-0.2, 0) is 10.0 Å². The Morgan fingerprint density at radius 3 is 2.14 bits per heavy atom. The van der Waals surface area contributed by atoms with Gasteiger partial charge in [0.05, 0.1) is 22.3 Å². The van der Waals surface area contributed by atoms with Gasteiger partial charge < -0.3 is 10.1 Å². The number of amides is 1. The van der Waals surface area contributed by atoms with Crippen molar-refractivity contribution in [1.82, 2.24) is 0 Å². The zero-order valence-electron chi connectivity index (χ0n) is 16.1. The van der Waals surface area contributed by atoms with Gasteiger partial charge in [0, 0.05) is 5.69 Å². The molecular weight excluding hydrogens is 388 g/mol. The normalized spacial score (nSPS) is 11.1. The molecule has 3 aromatic rings. The van der Waals surface area contributed by atoms with E-state index in [2.05, 4.69) is 10.0 Å². The molecule has 6 nitrogen and oxygen atoms in total. The third-order valence-electron chi connectivity index (χ3n) is 3.95. The number of benzene rings is 3. The van der Waals surface area contributed by atoms with E-state index in [0.717, 1.165) is 0 Å². The van der Waals surface area contributed by atoms with Crippen molar-refractivity contribution in [2.75, 3.05) is 10.0 Å². The molecular formula is C22H22N2O4S. The van der Waals surface area contributed by atoms with Crippen LogP contribution in [0.2, 0.25) is 0 Å². The van der Waals surface area contributed by atoms with E-state index in [9.17, 15) is 13.2 Å². The van der Waals surface area contributed by atoms with E-state index in [-0.39, 0.29) is 22.3 Å². The number of hydrogen-bond acceptors (Lipinski definition) is 4. The highest BCUT2D eigenvalue weighted by Gasteiger charge is 2.18. The Hall–Kier alpha value is -3.32. The fraction of sp³-hybridized carbons (Fsp3) is 0.136. The first-order chi connectivity index (χ1) is 13.8. The molecule has 3 aromatic carbocycles. The summed E-state index contributed by atoms with van der Waals surface area (Å²) in [5.74, 6) is 0.280. The van der Waals surface area contributed by atoms with Crippen molar-refractivity contribution in [3.63, 3.8) is 0 Å². The Morgan fingerprint density at radius 1 is 0.862 bits per heavy atom. The van der Waals surface area contributed by atoms with Crippen LogP contribution >= 0.6 is 0 Å².